The van der Waals surface area contributed by atoms with E-state index in [2.05, 4.69) is 5.32 Å². The Morgan fingerprint density at radius 3 is 2.43 bits per heavy atom. The first-order valence-electron chi connectivity index (χ1n) is 9.64. The van der Waals surface area contributed by atoms with Crippen molar-refractivity contribution in [3.05, 3.63) is 82.3 Å². The third-order valence-corrected chi connectivity index (χ3v) is 9.62. The van der Waals surface area contributed by atoms with Gasteiger partial charge in [0.2, 0.25) is 0 Å². The van der Waals surface area contributed by atoms with Crippen LogP contribution in [-0.2, 0) is 14.6 Å². The average Bonchev–Trinajstić information content (AvgIpc) is 3.26. The summed E-state index contributed by atoms with van der Waals surface area (Å²) in [5.74, 6) is -2.05. The van der Waals surface area contributed by atoms with Gasteiger partial charge < -0.3 is 14.7 Å². The van der Waals surface area contributed by atoms with E-state index in [9.17, 15) is 26.7 Å². The van der Waals surface area contributed by atoms with Gasteiger partial charge in [0.1, 0.15) is 16.3 Å². The van der Waals surface area contributed by atoms with Crippen LogP contribution >= 0.6 is 42.1 Å². The molecule has 0 bridgehead atoms. The summed E-state index contributed by atoms with van der Waals surface area (Å²) in [4.78, 5) is 10.2. The van der Waals surface area contributed by atoms with Crippen LogP contribution in [0.4, 0.5) is 20.2 Å². The van der Waals surface area contributed by atoms with Gasteiger partial charge >= 0.3 is 7.60 Å². The maximum atomic E-state index is 14.2. The van der Waals surface area contributed by atoms with Gasteiger partial charge in [-0.05, 0) is 48.5 Å². The first-order chi connectivity index (χ1) is 16.4. The predicted octanol–water partition coefficient (Wildman–Crippen LogP) is 6.73. The number of halogens is 4. The molecule has 0 radical (unpaired) electrons. The van der Waals surface area contributed by atoms with Crippen molar-refractivity contribution in [2.45, 2.75) is 4.21 Å². The Hall–Kier alpha value is -2.24. The summed E-state index contributed by atoms with van der Waals surface area (Å²) in [6, 6.07) is 13.2. The van der Waals surface area contributed by atoms with E-state index in [-0.39, 0.29) is 9.90 Å². The molecule has 0 saturated heterocycles. The van der Waals surface area contributed by atoms with E-state index in [0.717, 1.165) is 23.5 Å². The molecule has 1 aromatic heterocycles. The van der Waals surface area contributed by atoms with Crippen molar-refractivity contribution >= 4 is 73.6 Å². The number of thiophene rings is 1. The van der Waals surface area contributed by atoms with E-state index in [1.807, 2.05) is 4.72 Å². The maximum Gasteiger partial charge on any atom is 0.391 e. The summed E-state index contributed by atoms with van der Waals surface area (Å²) in [7, 11) is -8.93. The molecule has 1 unspecified atom stereocenters. The Labute approximate surface area is 212 Å². The molecular weight excluding hydrogens is 564 g/mol. The smallest absolute Gasteiger partial charge is 0.391 e. The van der Waals surface area contributed by atoms with E-state index >= 15 is 0 Å². The van der Waals surface area contributed by atoms with E-state index in [4.69, 9.17) is 27.7 Å². The highest BCUT2D eigenvalue weighted by molar-refractivity contribution is 7.92. The van der Waals surface area contributed by atoms with Crippen molar-refractivity contribution < 1.29 is 31.2 Å². The fourth-order valence-electron chi connectivity index (χ4n) is 2.98. The molecule has 7 nitrogen and oxygen atoms in total. The lowest BCUT2D eigenvalue weighted by Crippen LogP contribution is -2.25. The second-order valence-electron chi connectivity index (χ2n) is 7.15. The number of hydrogen-bond donors (Lipinski definition) is 3. The third-order valence-electron chi connectivity index (χ3n) is 4.56. The molecule has 35 heavy (non-hydrogen) atoms. The van der Waals surface area contributed by atoms with Gasteiger partial charge in [0.05, 0.1) is 9.72 Å². The van der Waals surface area contributed by atoms with Gasteiger partial charge in [0.25, 0.3) is 10.0 Å². The lowest BCUT2D eigenvalue weighted by molar-refractivity contribution is 0.368. The minimum absolute atomic E-state index is 0.185. The normalized spacial score (nSPS) is 13.5. The lowest BCUT2D eigenvalue weighted by atomic mass is 10.2. The van der Waals surface area contributed by atoms with Crippen LogP contribution in [0.5, 0.6) is 5.75 Å². The number of rotatable bonds is 8. The van der Waals surface area contributed by atoms with Gasteiger partial charge in [-0.15, -0.1) is 11.3 Å². The largest absolute Gasteiger partial charge is 0.420 e. The van der Waals surface area contributed by atoms with Gasteiger partial charge in [-0.3, -0.25) is 0 Å². The molecule has 1 atom stereocenters. The Morgan fingerprint density at radius 1 is 1.00 bits per heavy atom. The molecule has 0 fully saturated rings. The Balaban J connectivity index is 1.49. The molecule has 3 aromatic carbocycles. The minimum Gasteiger partial charge on any atom is -0.420 e. The zero-order valence-electron chi connectivity index (χ0n) is 17.3. The number of anilines is 2. The van der Waals surface area contributed by atoms with Crippen LogP contribution < -0.4 is 14.6 Å². The number of benzene rings is 3. The van der Waals surface area contributed by atoms with Crippen molar-refractivity contribution in [1.82, 2.24) is 4.72 Å². The highest BCUT2D eigenvalue weighted by atomic mass is 35.5. The first-order valence-corrected chi connectivity index (χ1v) is 14.5. The molecule has 0 spiro atoms. The SMILES string of the molecule is O=P(O)(CNS(=O)(=O)c1cc2c(Cl)ccc(Cl)c2s1)Oc1cc(Nc2cccc(F)c2)ccc1F. The maximum absolute atomic E-state index is 14.2. The molecule has 14 heteroatoms. The van der Waals surface area contributed by atoms with E-state index in [0.29, 0.717) is 25.8 Å². The molecular formula is C21H15Cl2F2N2O5PS2. The predicted molar refractivity (Wildman–Crippen MR) is 134 cm³/mol. The minimum atomic E-state index is -4.69. The van der Waals surface area contributed by atoms with Crippen LogP contribution in [0.1, 0.15) is 0 Å². The second-order valence-corrected chi connectivity index (χ2v) is 12.8. The van der Waals surface area contributed by atoms with Crippen molar-refractivity contribution in [2.75, 3.05) is 11.6 Å². The zero-order chi connectivity index (χ0) is 25.4. The summed E-state index contributed by atoms with van der Waals surface area (Å²) < 4.78 is 72.7. The number of sulfonamides is 1. The highest BCUT2D eigenvalue weighted by Gasteiger charge is 2.28. The second kappa shape index (κ2) is 10.0. The molecule has 3 N–H and O–H groups in total. The molecule has 0 amide bonds. The summed E-state index contributed by atoms with van der Waals surface area (Å²) >= 11 is 13.0. The lowest BCUT2D eigenvalue weighted by Gasteiger charge is -2.16. The van der Waals surface area contributed by atoms with E-state index < -0.39 is 41.3 Å². The summed E-state index contributed by atoms with van der Waals surface area (Å²) in [5, 5.41) is 3.81. The average molecular weight is 579 g/mol. The van der Waals surface area contributed by atoms with Gasteiger partial charge in [0, 0.05) is 27.8 Å². The van der Waals surface area contributed by atoms with E-state index in [1.165, 1.54) is 42.5 Å². The van der Waals surface area contributed by atoms with Crippen LogP contribution in [0.2, 0.25) is 10.0 Å². The van der Waals surface area contributed by atoms with Crippen LogP contribution in [0, 0.1) is 11.6 Å². The summed E-state index contributed by atoms with van der Waals surface area (Å²) in [5.41, 5.74) is 0.595. The Kier molecular flexibility index (Phi) is 7.40. The fraction of sp³-hybridized carbons (Fsp3) is 0.0476. The molecule has 4 rings (SSSR count). The number of fused-ring (bicyclic) bond motifs is 1. The topological polar surface area (TPSA) is 105 Å². The standard InChI is InChI=1S/C21H15Cl2F2N2O5PS2/c22-16-5-6-17(23)21-15(16)10-20(34-21)35(30,31)26-11-33(28,29)32-19-9-14(4-7-18(19)25)27-13-3-1-2-12(24)8-13/h1-10,26-27H,11H2,(H,28,29). The quantitative estimate of drug-likeness (QED) is 0.200. The third kappa shape index (κ3) is 6.13. The monoisotopic (exact) mass is 578 g/mol. The Morgan fingerprint density at radius 2 is 1.71 bits per heavy atom. The number of nitrogens with one attached hydrogen (secondary N) is 2. The van der Waals surface area contributed by atoms with Crippen LogP contribution in [0.15, 0.2) is 64.9 Å². The van der Waals surface area contributed by atoms with Gasteiger partial charge in [-0.1, -0.05) is 29.3 Å². The van der Waals surface area contributed by atoms with Crippen molar-refractivity contribution in [3.8, 4) is 5.75 Å². The first kappa shape index (κ1) is 25.8. The van der Waals surface area contributed by atoms with Gasteiger partial charge in [-0.2, -0.15) is 4.72 Å². The molecule has 184 valence electrons. The van der Waals surface area contributed by atoms with Crippen molar-refractivity contribution in [1.29, 1.82) is 0 Å². The van der Waals surface area contributed by atoms with Crippen LogP contribution in [-0.4, -0.2) is 19.6 Å². The molecule has 0 aliphatic carbocycles. The fourth-order valence-corrected chi connectivity index (χ4v) is 7.47. The molecule has 4 aromatic rings. The Bertz CT molecular complexity index is 1540. The summed E-state index contributed by atoms with van der Waals surface area (Å²) in [6.07, 6.45) is -1.04. The zero-order valence-corrected chi connectivity index (χ0v) is 21.4. The summed E-state index contributed by atoms with van der Waals surface area (Å²) in [6.45, 7) is 0. The van der Waals surface area contributed by atoms with Crippen LogP contribution in [0.3, 0.4) is 0 Å². The number of hydrogen-bond acceptors (Lipinski definition) is 6. The van der Waals surface area contributed by atoms with Gasteiger partial charge in [0.15, 0.2) is 11.6 Å². The van der Waals surface area contributed by atoms with Crippen molar-refractivity contribution in [2.24, 2.45) is 0 Å². The molecule has 1 heterocycles. The van der Waals surface area contributed by atoms with Gasteiger partial charge in [-0.25, -0.2) is 21.8 Å². The van der Waals surface area contributed by atoms with E-state index in [1.54, 1.807) is 6.07 Å². The molecule has 0 aliphatic rings. The highest BCUT2D eigenvalue weighted by Crippen LogP contribution is 2.44. The molecule has 0 saturated carbocycles. The molecule has 0 aliphatic heterocycles. The van der Waals surface area contributed by atoms with Crippen LogP contribution in [0.25, 0.3) is 10.1 Å². The van der Waals surface area contributed by atoms with Crippen molar-refractivity contribution in [3.63, 3.8) is 0 Å².